The van der Waals surface area contributed by atoms with Crippen molar-refractivity contribution in [2.75, 3.05) is 0 Å². The maximum Gasteiger partial charge on any atom is 0.305 e. The van der Waals surface area contributed by atoms with Crippen LogP contribution in [-0.4, -0.2) is 21.9 Å². The minimum atomic E-state index is -1.13. The van der Waals surface area contributed by atoms with E-state index in [-0.39, 0.29) is 17.7 Å². The predicted molar refractivity (Wildman–Crippen MR) is 82.0 cm³/mol. The number of hydrogen-bond donors (Lipinski definition) is 2. The van der Waals surface area contributed by atoms with Gasteiger partial charge in [0.1, 0.15) is 5.82 Å². The quantitative estimate of drug-likeness (QED) is 0.624. The summed E-state index contributed by atoms with van der Waals surface area (Å²) in [6, 6.07) is 9.16. The van der Waals surface area contributed by atoms with Crippen LogP contribution in [0.4, 0.5) is 10.1 Å². The van der Waals surface area contributed by atoms with Crippen LogP contribution in [-0.2, 0) is 4.79 Å². The second-order valence-electron chi connectivity index (χ2n) is 4.98. The van der Waals surface area contributed by atoms with Gasteiger partial charge >= 0.3 is 5.97 Å². The standard InChI is InChI=1S/C16H13FN2O5/c17-12-5-1-10(2-6-12)14(9-15(20)21)18-16(22)11-3-7-13(8-4-11)19(23)24/h1-8,14H,9H2,(H,18,22)(H,20,21)/t14-/m1/s1. The van der Waals surface area contributed by atoms with Gasteiger partial charge in [-0.25, -0.2) is 4.39 Å². The summed E-state index contributed by atoms with van der Waals surface area (Å²) in [5.41, 5.74) is 0.430. The number of aliphatic carboxylic acids is 1. The van der Waals surface area contributed by atoms with Gasteiger partial charge in [-0.3, -0.25) is 19.7 Å². The molecule has 0 bridgehead atoms. The van der Waals surface area contributed by atoms with Gasteiger partial charge in [0.25, 0.3) is 11.6 Å². The number of nitro groups is 1. The molecular weight excluding hydrogens is 319 g/mol. The largest absolute Gasteiger partial charge is 0.481 e. The molecule has 124 valence electrons. The Morgan fingerprint density at radius 2 is 1.71 bits per heavy atom. The van der Waals surface area contributed by atoms with Crippen LogP contribution in [0.5, 0.6) is 0 Å². The lowest BCUT2D eigenvalue weighted by Gasteiger charge is -2.17. The summed E-state index contributed by atoms with van der Waals surface area (Å²) < 4.78 is 13.0. The summed E-state index contributed by atoms with van der Waals surface area (Å²) in [6.45, 7) is 0. The second-order valence-corrected chi connectivity index (χ2v) is 4.98. The van der Waals surface area contributed by atoms with Gasteiger partial charge in [0.2, 0.25) is 0 Å². The molecular formula is C16H13FN2O5. The lowest BCUT2D eigenvalue weighted by atomic mass is 10.0. The first-order valence-electron chi connectivity index (χ1n) is 6.89. The summed E-state index contributed by atoms with van der Waals surface area (Å²) in [6.07, 6.45) is -0.385. The minimum Gasteiger partial charge on any atom is -0.481 e. The number of halogens is 1. The molecule has 0 saturated carbocycles. The zero-order valence-corrected chi connectivity index (χ0v) is 12.3. The number of amides is 1. The van der Waals surface area contributed by atoms with Crippen LogP contribution in [0.1, 0.15) is 28.4 Å². The molecule has 0 aromatic heterocycles. The van der Waals surface area contributed by atoms with Gasteiger partial charge in [-0.05, 0) is 29.8 Å². The topological polar surface area (TPSA) is 110 Å². The molecule has 24 heavy (non-hydrogen) atoms. The van der Waals surface area contributed by atoms with Gasteiger partial charge in [-0.2, -0.15) is 0 Å². The van der Waals surface area contributed by atoms with Crippen LogP contribution in [0.3, 0.4) is 0 Å². The molecule has 0 heterocycles. The molecule has 7 nitrogen and oxygen atoms in total. The number of nitrogens with zero attached hydrogens (tertiary/aromatic N) is 1. The van der Waals surface area contributed by atoms with E-state index >= 15 is 0 Å². The molecule has 2 N–H and O–H groups in total. The molecule has 2 aromatic rings. The number of carbonyl (C=O) groups excluding carboxylic acids is 1. The molecule has 0 aliphatic heterocycles. The summed E-state index contributed by atoms with van der Waals surface area (Å²) in [7, 11) is 0. The Morgan fingerprint density at radius 1 is 1.12 bits per heavy atom. The zero-order valence-electron chi connectivity index (χ0n) is 12.3. The molecule has 2 rings (SSSR count). The molecule has 2 aromatic carbocycles. The molecule has 8 heteroatoms. The number of nitrogens with one attached hydrogen (secondary N) is 1. The van der Waals surface area contributed by atoms with Crippen LogP contribution >= 0.6 is 0 Å². The van der Waals surface area contributed by atoms with Gasteiger partial charge < -0.3 is 10.4 Å². The van der Waals surface area contributed by atoms with E-state index in [1.165, 1.54) is 48.5 Å². The highest BCUT2D eigenvalue weighted by atomic mass is 19.1. The number of carbonyl (C=O) groups is 2. The van der Waals surface area contributed by atoms with Crippen molar-refractivity contribution in [3.8, 4) is 0 Å². The number of carboxylic acid groups (broad SMARTS) is 1. The molecule has 0 unspecified atom stereocenters. The van der Waals surface area contributed by atoms with Crippen molar-refractivity contribution < 1.29 is 24.0 Å². The number of non-ortho nitro benzene ring substituents is 1. The van der Waals surface area contributed by atoms with E-state index in [1.54, 1.807) is 0 Å². The van der Waals surface area contributed by atoms with Crippen LogP contribution in [0.25, 0.3) is 0 Å². The van der Waals surface area contributed by atoms with Crippen LogP contribution in [0, 0.1) is 15.9 Å². The Hall–Kier alpha value is -3.29. The summed E-state index contributed by atoms with van der Waals surface area (Å²) in [5, 5.41) is 22.1. The normalized spacial score (nSPS) is 11.5. The molecule has 1 amide bonds. The predicted octanol–water partition coefficient (Wildman–Crippen LogP) is 2.68. The fourth-order valence-electron chi connectivity index (χ4n) is 2.10. The highest BCUT2D eigenvalue weighted by Crippen LogP contribution is 2.19. The van der Waals surface area contributed by atoms with Gasteiger partial charge in [0.15, 0.2) is 0 Å². The van der Waals surface area contributed by atoms with E-state index in [9.17, 15) is 24.1 Å². The molecule has 0 aliphatic rings. The second kappa shape index (κ2) is 7.32. The number of nitro benzene ring substituents is 1. The van der Waals surface area contributed by atoms with Crippen LogP contribution in [0.2, 0.25) is 0 Å². The minimum absolute atomic E-state index is 0.151. The molecule has 0 saturated heterocycles. The molecule has 0 spiro atoms. The van der Waals surface area contributed by atoms with Crippen LogP contribution in [0.15, 0.2) is 48.5 Å². The van der Waals surface area contributed by atoms with Crippen molar-refractivity contribution in [2.45, 2.75) is 12.5 Å². The van der Waals surface area contributed by atoms with Gasteiger partial charge in [0.05, 0.1) is 17.4 Å². The van der Waals surface area contributed by atoms with Crippen molar-refractivity contribution in [1.82, 2.24) is 5.32 Å². The van der Waals surface area contributed by atoms with Crippen molar-refractivity contribution in [3.63, 3.8) is 0 Å². The summed E-state index contributed by atoms with van der Waals surface area (Å²) >= 11 is 0. The first-order valence-corrected chi connectivity index (χ1v) is 6.89. The van der Waals surface area contributed by atoms with E-state index in [0.29, 0.717) is 5.56 Å². The van der Waals surface area contributed by atoms with Crippen molar-refractivity contribution in [2.24, 2.45) is 0 Å². The average Bonchev–Trinajstić information content (AvgIpc) is 2.54. The summed E-state index contributed by atoms with van der Waals surface area (Å²) in [5.74, 6) is -2.19. The maximum absolute atomic E-state index is 13.0. The first-order chi connectivity index (χ1) is 11.4. The maximum atomic E-state index is 13.0. The third-order valence-corrected chi connectivity index (χ3v) is 3.30. The lowest BCUT2D eigenvalue weighted by Crippen LogP contribution is -2.30. The van der Waals surface area contributed by atoms with Gasteiger partial charge in [-0.1, -0.05) is 12.1 Å². The fraction of sp³-hybridized carbons (Fsp3) is 0.125. The van der Waals surface area contributed by atoms with E-state index in [1.807, 2.05) is 0 Å². The van der Waals surface area contributed by atoms with Gasteiger partial charge in [0, 0.05) is 17.7 Å². The number of hydrogen-bond acceptors (Lipinski definition) is 4. The zero-order chi connectivity index (χ0) is 17.7. The van der Waals surface area contributed by atoms with E-state index in [2.05, 4.69) is 5.32 Å². The molecule has 0 fully saturated rings. The van der Waals surface area contributed by atoms with E-state index in [4.69, 9.17) is 5.11 Å². The van der Waals surface area contributed by atoms with Crippen LogP contribution < -0.4 is 5.32 Å². The highest BCUT2D eigenvalue weighted by Gasteiger charge is 2.19. The Labute approximate surface area is 135 Å². The number of rotatable bonds is 6. The Kier molecular flexibility index (Phi) is 5.20. The molecule has 0 radical (unpaired) electrons. The highest BCUT2D eigenvalue weighted by molar-refractivity contribution is 5.94. The SMILES string of the molecule is O=C(O)C[C@@H](NC(=O)c1ccc([N+](=O)[O-])cc1)c1ccc(F)cc1. The van der Waals surface area contributed by atoms with Crippen molar-refractivity contribution >= 4 is 17.6 Å². The van der Waals surface area contributed by atoms with Crippen molar-refractivity contribution in [1.29, 1.82) is 0 Å². The lowest BCUT2D eigenvalue weighted by molar-refractivity contribution is -0.384. The Bertz CT molecular complexity index is 759. The summed E-state index contributed by atoms with van der Waals surface area (Å²) in [4.78, 5) is 33.2. The third-order valence-electron chi connectivity index (χ3n) is 3.30. The fourth-order valence-corrected chi connectivity index (χ4v) is 2.10. The number of carboxylic acids is 1. The Balaban J connectivity index is 2.18. The monoisotopic (exact) mass is 332 g/mol. The average molecular weight is 332 g/mol. The number of benzene rings is 2. The smallest absolute Gasteiger partial charge is 0.305 e. The van der Waals surface area contributed by atoms with E-state index < -0.39 is 28.7 Å². The Morgan fingerprint density at radius 3 is 2.21 bits per heavy atom. The molecule has 0 aliphatic carbocycles. The molecule has 1 atom stereocenters. The first kappa shape index (κ1) is 17.1. The van der Waals surface area contributed by atoms with Gasteiger partial charge in [-0.15, -0.1) is 0 Å². The van der Waals surface area contributed by atoms with Crippen molar-refractivity contribution in [3.05, 3.63) is 75.6 Å². The van der Waals surface area contributed by atoms with E-state index in [0.717, 1.165) is 0 Å². The third kappa shape index (κ3) is 4.35.